The minimum Gasteiger partial charge on any atom is -0.459 e. The Balaban J connectivity index is 1.62. The molecule has 9 nitrogen and oxygen atoms in total. The number of ether oxygens (including phenoxy) is 2. The lowest BCUT2D eigenvalue weighted by Crippen LogP contribution is -2.54. The monoisotopic (exact) mass is 478 g/mol. The normalized spacial score (nSPS) is 12.4. The molecule has 0 aliphatic rings. The van der Waals surface area contributed by atoms with Crippen LogP contribution in [0.1, 0.15) is 30.7 Å². The number of alkyl carbamates (subject to hydrolysis) is 1. The van der Waals surface area contributed by atoms with Crippen molar-refractivity contribution in [3.05, 3.63) is 90.0 Å². The first-order valence-corrected chi connectivity index (χ1v) is 11.4. The second-order valence-corrected chi connectivity index (χ2v) is 8.36. The van der Waals surface area contributed by atoms with Gasteiger partial charge in [-0.2, -0.15) is 0 Å². The number of amides is 2. The number of hydrogen-bond acceptors (Lipinski definition) is 6. The standard InChI is InChI=1S/C26H30N4O5/c1-18(2)23(25(32)34-15-19-9-5-3-6-10-19)30-24(31)22(13-21-14-27-17-28-21)29-26(33)35-16-20-11-7-4-8-12-20/h3-12,14,17-18,22-23H,13,15-16H2,1-2H3,(H,27,28)(H,29,33)(H,30,31). The van der Waals surface area contributed by atoms with Gasteiger partial charge in [-0.15, -0.1) is 0 Å². The number of aromatic amines is 1. The number of carbonyl (C=O) groups is 3. The van der Waals surface area contributed by atoms with E-state index in [0.29, 0.717) is 5.69 Å². The van der Waals surface area contributed by atoms with Crippen molar-refractivity contribution in [1.29, 1.82) is 0 Å². The summed E-state index contributed by atoms with van der Waals surface area (Å²) in [7, 11) is 0. The number of hydrogen-bond donors (Lipinski definition) is 3. The highest BCUT2D eigenvalue weighted by Crippen LogP contribution is 2.09. The minimum absolute atomic E-state index is 0.0610. The second kappa shape index (κ2) is 12.9. The highest BCUT2D eigenvalue weighted by Gasteiger charge is 2.30. The van der Waals surface area contributed by atoms with Crippen molar-refractivity contribution in [2.24, 2.45) is 5.92 Å². The van der Waals surface area contributed by atoms with Crippen molar-refractivity contribution >= 4 is 18.0 Å². The largest absolute Gasteiger partial charge is 0.459 e. The number of aromatic nitrogens is 2. The molecule has 9 heteroatoms. The maximum Gasteiger partial charge on any atom is 0.408 e. The van der Waals surface area contributed by atoms with Crippen LogP contribution < -0.4 is 10.6 Å². The summed E-state index contributed by atoms with van der Waals surface area (Å²) in [6.07, 6.45) is 2.43. The van der Waals surface area contributed by atoms with Crippen molar-refractivity contribution in [1.82, 2.24) is 20.6 Å². The lowest BCUT2D eigenvalue weighted by Gasteiger charge is -2.24. The second-order valence-electron chi connectivity index (χ2n) is 8.36. The van der Waals surface area contributed by atoms with Gasteiger partial charge in [-0.3, -0.25) is 4.79 Å². The van der Waals surface area contributed by atoms with Gasteiger partial charge in [0, 0.05) is 18.3 Å². The Kier molecular flexibility index (Phi) is 9.41. The quantitative estimate of drug-likeness (QED) is 0.364. The third-order valence-electron chi connectivity index (χ3n) is 5.24. The van der Waals surface area contributed by atoms with Crippen LogP contribution in [-0.4, -0.2) is 40.0 Å². The molecule has 184 valence electrons. The SMILES string of the molecule is CC(C)C(NC(=O)C(Cc1cnc[nH]1)NC(=O)OCc1ccccc1)C(=O)OCc1ccccc1. The van der Waals surface area contributed by atoms with E-state index in [0.717, 1.165) is 11.1 Å². The minimum atomic E-state index is -0.998. The summed E-state index contributed by atoms with van der Waals surface area (Å²) in [5.41, 5.74) is 2.30. The van der Waals surface area contributed by atoms with E-state index in [2.05, 4.69) is 20.6 Å². The molecule has 3 N–H and O–H groups in total. The third kappa shape index (κ3) is 8.29. The number of rotatable bonds is 11. The van der Waals surface area contributed by atoms with E-state index in [1.54, 1.807) is 20.0 Å². The Hall–Kier alpha value is -4.14. The van der Waals surface area contributed by atoms with Gasteiger partial charge in [0.2, 0.25) is 5.91 Å². The van der Waals surface area contributed by atoms with Gasteiger partial charge in [0.15, 0.2) is 0 Å². The van der Waals surface area contributed by atoms with Crippen LogP contribution in [0, 0.1) is 5.92 Å². The van der Waals surface area contributed by atoms with Gasteiger partial charge in [-0.1, -0.05) is 74.5 Å². The number of esters is 1. The van der Waals surface area contributed by atoms with Gasteiger partial charge < -0.3 is 25.1 Å². The topological polar surface area (TPSA) is 122 Å². The van der Waals surface area contributed by atoms with E-state index in [-0.39, 0.29) is 25.6 Å². The van der Waals surface area contributed by atoms with E-state index >= 15 is 0 Å². The van der Waals surface area contributed by atoms with Crippen LogP contribution in [0.15, 0.2) is 73.2 Å². The number of nitrogens with one attached hydrogen (secondary N) is 3. The highest BCUT2D eigenvalue weighted by molar-refractivity contribution is 5.90. The molecule has 0 aliphatic carbocycles. The molecule has 0 fully saturated rings. The maximum absolute atomic E-state index is 13.1. The fourth-order valence-electron chi connectivity index (χ4n) is 3.30. The first-order chi connectivity index (χ1) is 16.9. The Bertz CT molecular complexity index is 1070. The summed E-state index contributed by atoms with van der Waals surface area (Å²) >= 11 is 0. The summed E-state index contributed by atoms with van der Waals surface area (Å²) in [4.78, 5) is 45.2. The molecule has 3 rings (SSSR count). The van der Waals surface area contributed by atoms with Gasteiger partial charge in [-0.25, -0.2) is 14.6 Å². The van der Waals surface area contributed by atoms with Gasteiger partial charge in [0.25, 0.3) is 0 Å². The molecule has 0 saturated heterocycles. The van der Waals surface area contributed by atoms with E-state index in [1.165, 1.54) is 6.33 Å². The van der Waals surface area contributed by atoms with E-state index in [9.17, 15) is 14.4 Å². The molecule has 1 aromatic heterocycles. The Morgan fingerprint density at radius 3 is 2.03 bits per heavy atom. The molecule has 2 atom stereocenters. The summed E-state index contributed by atoms with van der Waals surface area (Å²) in [5.74, 6) is -1.32. The molecule has 3 aromatic rings. The summed E-state index contributed by atoms with van der Waals surface area (Å²) < 4.78 is 10.7. The molecular weight excluding hydrogens is 448 g/mol. The van der Waals surface area contributed by atoms with Crippen molar-refractivity contribution in [3.8, 4) is 0 Å². The van der Waals surface area contributed by atoms with Crippen molar-refractivity contribution in [2.45, 2.75) is 45.6 Å². The Labute approximate surface area is 204 Å². The third-order valence-corrected chi connectivity index (χ3v) is 5.24. The van der Waals surface area contributed by atoms with Crippen LogP contribution in [-0.2, 0) is 38.7 Å². The number of imidazole rings is 1. The molecule has 1 heterocycles. The van der Waals surface area contributed by atoms with Gasteiger partial charge >= 0.3 is 12.1 Å². The number of benzene rings is 2. The zero-order valence-electron chi connectivity index (χ0n) is 19.8. The molecule has 0 spiro atoms. The van der Waals surface area contributed by atoms with Crippen LogP contribution >= 0.6 is 0 Å². The smallest absolute Gasteiger partial charge is 0.408 e. The molecule has 0 saturated carbocycles. The molecule has 35 heavy (non-hydrogen) atoms. The van der Waals surface area contributed by atoms with Gasteiger partial charge in [0.1, 0.15) is 25.3 Å². The number of nitrogens with zero attached hydrogens (tertiary/aromatic N) is 1. The Morgan fingerprint density at radius 1 is 0.886 bits per heavy atom. The summed E-state index contributed by atoms with van der Waals surface area (Å²) in [6, 6.07) is 16.6. The van der Waals surface area contributed by atoms with E-state index in [4.69, 9.17) is 9.47 Å². The zero-order chi connectivity index (χ0) is 25.0. The summed E-state index contributed by atoms with van der Waals surface area (Å²) in [6.45, 7) is 3.77. The predicted octanol–water partition coefficient (Wildman–Crippen LogP) is 3.13. The predicted molar refractivity (Wildman–Crippen MR) is 129 cm³/mol. The van der Waals surface area contributed by atoms with E-state index < -0.39 is 30.1 Å². The molecule has 0 aliphatic heterocycles. The van der Waals surface area contributed by atoms with Gasteiger partial charge in [-0.05, 0) is 17.0 Å². The molecule has 2 amide bonds. The van der Waals surface area contributed by atoms with Crippen molar-refractivity contribution in [2.75, 3.05) is 0 Å². The van der Waals surface area contributed by atoms with Gasteiger partial charge in [0.05, 0.1) is 6.33 Å². The molecular formula is C26H30N4O5. The van der Waals surface area contributed by atoms with Crippen LogP contribution in [0.5, 0.6) is 0 Å². The first kappa shape index (κ1) is 25.5. The highest BCUT2D eigenvalue weighted by atomic mass is 16.5. The molecule has 2 aromatic carbocycles. The summed E-state index contributed by atoms with van der Waals surface area (Å²) in [5, 5.41) is 5.32. The lowest BCUT2D eigenvalue weighted by atomic mass is 10.0. The van der Waals surface area contributed by atoms with Crippen molar-refractivity contribution < 1.29 is 23.9 Å². The molecule has 2 unspecified atom stereocenters. The maximum atomic E-state index is 13.1. The molecule has 0 radical (unpaired) electrons. The average Bonchev–Trinajstić information content (AvgIpc) is 3.38. The Morgan fingerprint density at radius 2 is 1.49 bits per heavy atom. The zero-order valence-corrected chi connectivity index (χ0v) is 19.8. The number of H-pyrrole nitrogens is 1. The van der Waals surface area contributed by atoms with Crippen LogP contribution in [0.4, 0.5) is 4.79 Å². The van der Waals surface area contributed by atoms with Crippen LogP contribution in [0.25, 0.3) is 0 Å². The molecule has 0 bridgehead atoms. The fraction of sp³-hybridized carbons (Fsp3) is 0.308. The number of carbonyl (C=O) groups excluding carboxylic acids is 3. The first-order valence-electron chi connectivity index (χ1n) is 11.4. The fourth-order valence-corrected chi connectivity index (χ4v) is 3.30. The van der Waals surface area contributed by atoms with Crippen molar-refractivity contribution in [3.63, 3.8) is 0 Å². The lowest BCUT2D eigenvalue weighted by molar-refractivity contribution is -0.150. The van der Waals surface area contributed by atoms with Crippen LogP contribution in [0.3, 0.4) is 0 Å². The van der Waals surface area contributed by atoms with Crippen LogP contribution in [0.2, 0.25) is 0 Å². The van der Waals surface area contributed by atoms with E-state index in [1.807, 2.05) is 60.7 Å². The average molecular weight is 479 g/mol.